The molecule has 1 saturated heterocycles. The summed E-state index contributed by atoms with van der Waals surface area (Å²) in [4.78, 5) is 0. The highest BCUT2D eigenvalue weighted by Gasteiger charge is 2.99. The fraction of sp³-hybridized carbons (Fsp3) is 1.00. The van der Waals surface area contributed by atoms with Gasteiger partial charge in [0.1, 0.15) is 0 Å². The monoisotopic (exact) mass is 450 g/mol. The van der Waals surface area contributed by atoms with Crippen molar-refractivity contribution in [3.63, 3.8) is 0 Å². The molecule has 1 fully saturated rings. The van der Waals surface area contributed by atoms with Crippen LogP contribution in [-0.4, -0.2) is 108 Å². The molecule has 0 amide bonds. The second-order valence-electron chi connectivity index (χ2n) is 5.11. The largest absolute Gasteiger partial charge is 0.544 e. The van der Waals surface area contributed by atoms with E-state index in [9.17, 15) is 0 Å². The molecule has 0 aromatic heterocycles. The minimum absolute atomic E-state index is 1.40. The van der Waals surface area contributed by atoms with Crippen LogP contribution in [0.3, 0.4) is 0 Å². The quantitative estimate of drug-likeness (QED) is 0.308. The topological polar surface area (TPSA) is 102 Å². The van der Waals surface area contributed by atoms with Crippen LogP contribution in [0.1, 0.15) is 0 Å². The molecule has 0 radical (unpaired) electrons. The summed E-state index contributed by atoms with van der Waals surface area (Å²) in [6, 6.07) is 0. The van der Waals surface area contributed by atoms with Crippen LogP contribution in [0, 0.1) is 0 Å². The molecule has 1 aliphatic heterocycles. The summed E-state index contributed by atoms with van der Waals surface area (Å²) in [5.74, 6) is 0. The van der Waals surface area contributed by atoms with Crippen LogP contribution in [-0.2, 0) is 49.3 Å². The van der Waals surface area contributed by atoms with Crippen molar-refractivity contribution in [2.24, 2.45) is 0 Å². The van der Waals surface area contributed by atoms with E-state index < -0.39 is 37.2 Å². The smallest absolute Gasteiger partial charge is 0.396 e. The van der Waals surface area contributed by atoms with Crippen molar-refractivity contribution in [1.82, 2.24) is 0 Å². The van der Waals surface area contributed by atoms with Gasteiger partial charge in [-0.1, -0.05) is 0 Å². The number of ether oxygens (including phenoxy) is 2. The van der Waals surface area contributed by atoms with Gasteiger partial charge in [0, 0.05) is 71.1 Å². The Balaban J connectivity index is 4.09. The zero-order chi connectivity index (χ0) is 20.3. The third-order valence-corrected chi connectivity index (χ3v) is 43.9. The normalized spacial score (nSPS) is 25.2. The molecule has 11 nitrogen and oxygen atoms in total. The molecule has 0 atom stereocenters. The minimum atomic E-state index is -3.77. The van der Waals surface area contributed by atoms with E-state index >= 15 is 0 Å². The van der Waals surface area contributed by atoms with E-state index in [4.69, 9.17) is 49.3 Å². The van der Waals surface area contributed by atoms with Crippen molar-refractivity contribution in [2.75, 3.05) is 71.1 Å². The van der Waals surface area contributed by atoms with Crippen LogP contribution in [0.4, 0.5) is 0 Å². The summed E-state index contributed by atoms with van der Waals surface area (Å²) in [5, 5.41) is 0. The summed E-state index contributed by atoms with van der Waals surface area (Å²) in [7, 11) is -0.479. The Morgan fingerprint density at radius 3 is 1.12 bits per heavy atom. The van der Waals surface area contributed by atoms with Gasteiger partial charge in [-0.25, -0.2) is 0 Å². The first-order valence-electron chi connectivity index (χ1n) is 7.53. The second kappa shape index (κ2) is 8.84. The summed E-state index contributed by atoms with van der Waals surface area (Å²) >= 11 is 0. The Hall–Kier alpha value is 0.428. The van der Waals surface area contributed by atoms with Gasteiger partial charge in [-0.15, -0.1) is 0 Å². The Bertz CT molecular complexity index is 411. The maximum Gasteiger partial charge on any atom is 0.544 e. The molecule has 15 heteroatoms. The van der Waals surface area contributed by atoms with Crippen LogP contribution in [0.25, 0.3) is 0 Å². The molecule has 1 aliphatic rings. The van der Waals surface area contributed by atoms with Crippen molar-refractivity contribution in [3.05, 3.63) is 0 Å². The molecule has 1 heterocycles. The molecule has 0 aromatic rings. The Labute approximate surface area is 158 Å². The van der Waals surface area contributed by atoms with E-state index in [0.717, 1.165) is 0 Å². The first-order valence-corrected chi connectivity index (χ1v) is 17.7. The van der Waals surface area contributed by atoms with Gasteiger partial charge in [0.05, 0.1) is 0 Å². The number of rotatable bonds is 10. The lowest BCUT2D eigenvalue weighted by Gasteiger charge is -2.59. The summed E-state index contributed by atoms with van der Waals surface area (Å²) < 4.78 is 64.8. The molecular weight excluding hydrogens is 420 g/mol. The Morgan fingerprint density at radius 1 is 0.500 bits per heavy atom. The molecule has 1 rings (SSSR count). The Morgan fingerprint density at radius 2 is 0.885 bits per heavy atom. The fourth-order valence-electron chi connectivity index (χ4n) is 3.63. The van der Waals surface area contributed by atoms with Crippen molar-refractivity contribution in [3.8, 4) is 0 Å². The first-order chi connectivity index (χ1) is 12.3. The molecule has 156 valence electrons. The average Bonchev–Trinajstić information content (AvgIpc) is 2.71. The van der Waals surface area contributed by atoms with Crippen molar-refractivity contribution in [2.45, 2.75) is 5.60 Å². The van der Waals surface area contributed by atoms with E-state index in [1.54, 1.807) is 0 Å². The minimum Gasteiger partial charge on any atom is -0.396 e. The van der Waals surface area contributed by atoms with E-state index in [1.807, 2.05) is 0 Å². The highest BCUT2D eigenvalue weighted by molar-refractivity contribution is 7.75. The van der Waals surface area contributed by atoms with Gasteiger partial charge in [-0.05, 0) is 0 Å². The summed E-state index contributed by atoms with van der Waals surface area (Å²) in [6.45, 7) is 0. The van der Waals surface area contributed by atoms with Crippen LogP contribution in [0.2, 0.25) is 0 Å². The van der Waals surface area contributed by atoms with Gasteiger partial charge in [-0.2, -0.15) is 0 Å². The van der Waals surface area contributed by atoms with Crippen LogP contribution in [0.15, 0.2) is 0 Å². The Kier molecular flexibility index (Phi) is 8.32. The van der Waals surface area contributed by atoms with Crippen LogP contribution < -0.4 is 0 Å². The highest BCUT2D eigenvalue weighted by Crippen LogP contribution is 2.50. The second-order valence-corrected chi connectivity index (χ2v) is 28.7. The molecule has 0 N–H and O–H groups in total. The van der Waals surface area contributed by atoms with Gasteiger partial charge in [0.15, 0.2) is 0 Å². The lowest BCUT2D eigenvalue weighted by atomic mass is 11.2. The van der Waals surface area contributed by atoms with E-state index in [2.05, 4.69) is 0 Å². The molecule has 0 saturated carbocycles. The molecule has 0 unspecified atom stereocenters. The maximum absolute atomic E-state index is 6.26. The van der Waals surface area contributed by atoms with Crippen LogP contribution in [0.5, 0.6) is 0 Å². The lowest BCUT2D eigenvalue weighted by molar-refractivity contribution is -0.301. The maximum atomic E-state index is 6.26. The molecular formula is C11H30O11Si4. The zero-order valence-electron chi connectivity index (χ0n) is 17.0. The highest BCUT2D eigenvalue weighted by atomic mass is 29.9. The SMILES string of the molecule is COC1(OC)O[Si](OC)(OC)[Si](OC)(OC)[Si](OC)(OC)[Si]1(OC)OC. The molecule has 26 heavy (non-hydrogen) atoms. The van der Waals surface area contributed by atoms with Crippen molar-refractivity contribution in [1.29, 1.82) is 0 Å². The third kappa shape index (κ3) is 2.56. The lowest BCUT2D eigenvalue weighted by Crippen LogP contribution is -3.01. The fourth-order valence-corrected chi connectivity index (χ4v) is 52.3. The van der Waals surface area contributed by atoms with Crippen molar-refractivity contribution < 1.29 is 49.3 Å². The van der Waals surface area contributed by atoms with Crippen LogP contribution >= 0.6 is 0 Å². The van der Waals surface area contributed by atoms with Gasteiger partial charge in [0.25, 0.3) is 0 Å². The van der Waals surface area contributed by atoms with Gasteiger partial charge < -0.3 is 49.3 Å². The van der Waals surface area contributed by atoms with Crippen molar-refractivity contribution >= 4 is 31.6 Å². The van der Waals surface area contributed by atoms with E-state index in [-0.39, 0.29) is 0 Å². The molecule has 0 aromatic carbocycles. The van der Waals surface area contributed by atoms with Gasteiger partial charge >= 0.3 is 37.2 Å². The third-order valence-electron chi connectivity index (χ3n) is 4.74. The predicted octanol–water partition coefficient (Wildman–Crippen LogP) is -0.826. The standard InChI is InChI=1S/C11H30O11Si4/c1-12-11(13-2)22-24(16-5,17-6)26(20-9,21-10)25(18-7,19-8)23(11,14-3)15-4/h1-10H3. The zero-order valence-corrected chi connectivity index (χ0v) is 21.0. The van der Waals surface area contributed by atoms with E-state index in [1.165, 1.54) is 71.1 Å². The molecule has 0 aliphatic carbocycles. The molecule has 0 spiro atoms. The number of hydrogen-bond acceptors (Lipinski definition) is 11. The van der Waals surface area contributed by atoms with Gasteiger partial charge in [-0.3, -0.25) is 0 Å². The summed E-state index contributed by atoms with van der Waals surface area (Å²) in [5.41, 5.74) is -1.81. The average molecular weight is 451 g/mol. The first kappa shape index (κ1) is 24.5. The van der Waals surface area contributed by atoms with E-state index in [0.29, 0.717) is 0 Å². The predicted molar refractivity (Wildman–Crippen MR) is 96.9 cm³/mol. The number of methoxy groups -OCH3 is 2. The molecule has 0 bridgehead atoms. The summed E-state index contributed by atoms with van der Waals surface area (Å²) in [6.07, 6.45) is 0. The van der Waals surface area contributed by atoms with Gasteiger partial charge in [0.2, 0.25) is 0 Å². The number of hydrogen-bond donors (Lipinski definition) is 0.